The molecule has 2 heterocycles. The Kier molecular flexibility index (Phi) is 4.38. The highest BCUT2D eigenvalue weighted by molar-refractivity contribution is 4.89. The Morgan fingerprint density at radius 1 is 0.733 bits per heavy atom. The zero-order chi connectivity index (χ0) is 10.4. The zero-order valence-corrected chi connectivity index (χ0v) is 9.48. The summed E-state index contributed by atoms with van der Waals surface area (Å²) in [5, 5.41) is 10.5. The highest BCUT2D eigenvalue weighted by Gasteiger charge is 2.37. The number of rotatable bonds is 0. The Morgan fingerprint density at radius 3 is 1.73 bits per heavy atom. The maximum Gasteiger partial charge on any atom is 0.0569 e. The maximum absolute atomic E-state index is 5.35. The van der Waals surface area contributed by atoms with Gasteiger partial charge in [0.25, 0.3) is 0 Å². The van der Waals surface area contributed by atoms with Crippen LogP contribution >= 0.6 is 0 Å². The Labute approximate surface area is 92.1 Å². The molecular weight excluding hydrogens is 190 g/mol. The number of ether oxygens (including phenoxy) is 1. The third-order valence-electron chi connectivity index (χ3n) is 3.23. The summed E-state index contributed by atoms with van der Waals surface area (Å²) in [5.41, 5.74) is 0.382. The van der Waals surface area contributed by atoms with Crippen LogP contribution in [-0.2, 0) is 4.74 Å². The molecule has 0 atom stereocenters. The number of nitrogens with one attached hydrogen (secondary N) is 3. The Morgan fingerprint density at radius 2 is 1.27 bits per heavy atom. The van der Waals surface area contributed by atoms with Crippen molar-refractivity contribution < 1.29 is 4.74 Å². The van der Waals surface area contributed by atoms with Crippen molar-refractivity contribution in [2.45, 2.75) is 12.8 Å². The molecule has 0 amide bonds. The van der Waals surface area contributed by atoms with Gasteiger partial charge in [0.1, 0.15) is 0 Å². The Hall–Kier alpha value is -0.160. The van der Waals surface area contributed by atoms with Crippen LogP contribution in [0.15, 0.2) is 0 Å². The first kappa shape index (κ1) is 11.3. The van der Waals surface area contributed by atoms with E-state index >= 15 is 0 Å². The summed E-state index contributed by atoms with van der Waals surface area (Å²) < 4.78 is 5.35. The minimum absolute atomic E-state index is 0.382. The van der Waals surface area contributed by atoms with Crippen LogP contribution in [0, 0.1) is 5.41 Å². The molecular formula is C11H23N3O. The van der Waals surface area contributed by atoms with Crippen molar-refractivity contribution in [3.63, 3.8) is 0 Å². The van der Waals surface area contributed by atoms with E-state index in [1.54, 1.807) is 0 Å². The summed E-state index contributed by atoms with van der Waals surface area (Å²) in [4.78, 5) is 0. The summed E-state index contributed by atoms with van der Waals surface area (Å²) >= 11 is 0. The average molecular weight is 213 g/mol. The van der Waals surface area contributed by atoms with Crippen LogP contribution in [0.3, 0.4) is 0 Å². The van der Waals surface area contributed by atoms with E-state index in [1.807, 2.05) is 0 Å². The van der Waals surface area contributed by atoms with Crippen LogP contribution in [0.25, 0.3) is 0 Å². The first-order valence-electron chi connectivity index (χ1n) is 6.11. The monoisotopic (exact) mass is 213 g/mol. The molecule has 0 bridgehead atoms. The third-order valence-corrected chi connectivity index (χ3v) is 3.23. The van der Waals surface area contributed by atoms with E-state index in [1.165, 1.54) is 12.8 Å². The van der Waals surface area contributed by atoms with E-state index in [4.69, 9.17) is 4.74 Å². The van der Waals surface area contributed by atoms with Gasteiger partial charge in [-0.2, -0.15) is 0 Å². The number of hydrogen-bond donors (Lipinski definition) is 3. The summed E-state index contributed by atoms with van der Waals surface area (Å²) in [5.74, 6) is 0. The summed E-state index contributed by atoms with van der Waals surface area (Å²) in [6.07, 6.45) is 2.45. The van der Waals surface area contributed by atoms with Crippen molar-refractivity contribution in [3.8, 4) is 0 Å². The topological polar surface area (TPSA) is 45.3 Å². The highest BCUT2D eigenvalue weighted by atomic mass is 16.5. The van der Waals surface area contributed by atoms with Gasteiger partial charge in [-0.1, -0.05) is 0 Å². The van der Waals surface area contributed by atoms with E-state index in [0.29, 0.717) is 5.41 Å². The lowest BCUT2D eigenvalue weighted by Gasteiger charge is -2.42. The van der Waals surface area contributed by atoms with E-state index in [0.717, 1.165) is 52.5 Å². The molecule has 3 N–H and O–H groups in total. The highest BCUT2D eigenvalue weighted by Crippen LogP contribution is 2.25. The fourth-order valence-corrected chi connectivity index (χ4v) is 2.17. The van der Waals surface area contributed by atoms with Gasteiger partial charge in [-0.15, -0.1) is 0 Å². The van der Waals surface area contributed by atoms with Crippen molar-refractivity contribution in [3.05, 3.63) is 0 Å². The summed E-state index contributed by atoms with van der Waals surface area (Å²) in [6.45, 7) is 8.55. The molecule has 0 unspecified atom stereocenters. The van der Waals surface area contributed by atoms with Crippen molar-refractivity contribution in [1.29, 1.82) is 0 Å². The van der Waals surface area contributed by atoms with Gasteiger partial charge in [-0.05, 0) is 39.0 Å². The largest absolute Gasteiger partial charge is 0.380 e. The predicted octanol–water partition coefficient (Wildman–Crippen LogP) is -0.434. The minimum Gasteiger partial charge on any atom is -0.380 e. The van der Waals surface area contributed by atoms with E-state index in [2.05, 4.69) is 16.0 Å². The van der Waals surface area contributed by atoms with Crippen LogP contribution in [0.5, 0.6) is 0 Å². The lowest BCUT2D eigenvalue weighted by atomic mass is 9.85. The molecule has 0 radical (unpaired) electrons. The second-order valence-electron chi connectivity index (χ2n) is 4.80. The fraction of sp³-hybridized carbons (Fsp3) is 1.00. The molecule has 0 aromatic carbocycles. The molecule has 88 valence electrons. The normalized spacial score (nSPS) is 28.8. The Balaban J connectivity index is 1.75. The van der Waals surface area contributed by atoms with Crippen molar-refractivity contribution in [2.75, 3.05) is 52.5 Å². The first-order valence-corrected chi connectivity index (χ1v) is 6.11. The van der Waals surface area contributed by atoms with Crippen molar-refractivity contribution >= 4 is 0 Å². The molecule has 1 spiro atoms. The second-order valence-corrected chi connectivity index (χ2v) is 4.80. The standard InChI is InChI=1S/C11H23N3O/c1-3-12-4-2-6-14-8-11(7-13-5-1)9-15-10-11/h12-14H,1-10H2. The molecule has 0 aliphatic carbocycles. The van der Waals surface area contributed by atoms with Gasteiger partial charge >= 0.3 is 0 Å². The van der Waals surface area contributed by atoms with Gasteiger partial charge in [0.2, 0.25) is 0 Å². The van der Waals surface area contributed by atoms with Crippen LogP contribution in [0.4, 0.5) is 0 Å². The van der Waals surface area contributed by atoms with Crippen LogP contribution in [0.1, 0.15) is 12.8 Å². The van der Waals surface area contributed by atoms with Crippen molar-refractivity contribution in [1.82, 2.24) is 16.0 Å². The molecule has 2 saturated heterocycles. The molecule has 0 aromatic rings. The van der Waals surface area contributed by atoms with Gasteiger partial charge in [0.05, 0.1) is 13.2 Å². The smallest absolute Gasteiger partial charge is 0.0569 e. The van der Waals surface area contributed by atoms with Gasteiger partial charge in [0, 0.05) is 18.5 Å². The van der Waals surface area contributed by atoms with Crippen molar-refractivity contribution in [2.24, 2.45) is 5.41 Å². The fourth-order valence-electron chi connectivity index (χ4n) is 2.17. The predicted molar refractivity (Wildman–Crippen MR) is 61.1 cm³/mol. The summed E-state index contributed by atoms with van der Waals surface area (Å²) in [6, 6.07) is 0. The lowest BCUT2D eigenvalue weighted by molar-refractivity contribution is -0.109. The second kappa shape index (κ2) is 5.80. The lowest BCUT2D eigenvalue weighted by Crippen LogP contribution is -2.55. The molecule has 0 saturated carbocycles. The molecule has 4 nitrogen and oxygen atoms in total. The molecule has 2 aliphatic heterocycles. The quantitative estimate of drug-likeness (QED) is 0.511. The number of hydrogen-bond acceptors (Lipinski definition) is 4. The molecule has 4 heteroatoms. The van der Waals surface area contributed by atoms with Crippen LogP contribution < -0.4 is 16.0 Å². The zero-order valence-electron chi connectivity index (χ0n) is 9.48. The van der Waals surface area contributed by atoms with Gasteiger partial charge in [-0.25, -0.2) is 0 Å². The third kappa shape index (κ3) is 3.41. The molecule has 2 aliphatic rings. The first-order chi connectivity index (χ1) is 7.41. The molecule has 2 rings (SSSR count). The van der Waals surface area contributed by atoms with E-state index < -0.39 is 0 Å². The minimum atomic E-state index is 0.382. The van der Waals surface area contributed by atoms with Gasteiger partial charge < -0.3 is 20.7 Å². The van der Waals surface area contributed by atoms with E-state index in [9.17, 15) is 0 Å². The van der Waals surface area contributed by atoms with E-state index in [-0.39, 0.29) is 0 Å². The summed E-state index contributed by atoms with van der Waals surface area (Å²) in [7, 11) is 0. The molecule has 15 heavy (non-hydrogen) atoms. The van der Waals surface area contributed by atoms with Gasteiger partial charge in [-0.3, -0.25) is 0 Å². The van der Waals surface area contributed by atoms with Crippen LogP contribution in [0.2, 0.25) is 0 Å². The molecule has 0 aromatic heterocycles. The Bertz CT molecular complexity index is 169. The SMILES string of the molecule is C1CNCCCNCC2(CNC1)COC2. The molecule has 2 fully saturated rings. The maximum atomic E-state index is 5.35. The van der Waals surface area contributed by atoms with Gasteiger partial charge in [0.15, 0.2) is 0 Å². The average Bonchev–Trinajstić information content (AvgIpc) is 2.16. The van der Waals surface area contributed by atoms with Crippen LogP contribution in [-0.4, -0.2) is 52.5 Å².